The Labute approximate surface area is 159 Å². The number of hydrogen-bond donors (Lipinski definition) is 1. The number of aryl methyl sites for hydroxylation is 2. The molecule has 2 aromatic carbocycles. The van der Waals surface area contributed by atoms with E-state index >= 15 is 0 Å². The maximum absolute atomic E-state index is 11.5. The topological polar surface area (TPSA) is 42.2 Å². The molecule has 0 aliphatic rings. The van der Waals surface area contributed by atoms with E-state index < -0.39 is 5.97 Å². The van der Waals surface area contributed by atoms with Crippen molar-refractivity contribution in [3.8, 4) is 5.69 Å². The Morgan fingerprint density at radius 2 is 1.85 bits per heavy atom. The summed E-state index contributed by atoms with van der Waals surface area (Å²) in [7, 11) is 0. The largest absolute Gasteiger partial charge is 0.478 e. The molecule has 0 aliphatic carbocycles. The number of aromatic carboxylic acids is 1. The van der Waals surface area contributed by atoms with Gasteiger partial charge in [0.05, 0.1) is 16.8 Å². The molecule has 3 nitrogen and oxygen atoms in total. The van der Waals surface area contributed by atoms with Gasteiger partial charge in [-0.15, -0.1) is 0 Å². The van der Waals surface area contributed by atoms with Crippen molar-refractivity contribution in [1.82, 2.24) is 4.57 Å². The predicted molar refractivity (Wildman–Crippen MR) is 113 cm³/mol. The molecule has 1 N–H and O–H groups in total. The van der Waals surface area contributed by atoms with Crippen LogP contribution in [0.5, 0.6) is 0 Å². The Bertz CT molecular complexity index is 1100. The zero-order chi connectivity index (χ0) is 19.6. The molecule has 0 atom stereocenters. The Hall–Kier alpha value is -3.33. The average Bonchev–Trinajstić information content (AvgIpc) is 3.00. The fraction of sp³-hybridized carbons (Fsp3) is 0.125. The minimum Gasteiger partial charge on any atom is -0.478 e. The number of aromatic nitrogens is 1. The average molecular weight is 357 g/mol. The lowest BCUT2D eigenvalue weighted by Crippen LogP contribution is -2.02. The molecule has 0 radical (unpaired) electrons. The molecule has 27 heavy (non-hydrogen) atoms. The third-order valence-electron chi connectivity index (χ3n) is 4.71. The van der Waals surface area contributed by atoms with E-state index in [1.165, 1.54) is 11.1 Å². The molecule has 1 aromatic heterocycles. The van der Waals surface area contributed by atoms with Gasteiger partial charge in [-0.2, -0.15) is 0 Å². The molecule has 136 valence electrons. The second kappa shape index (κ2) is 7.50. The zero-order valence-electron chi connectivity index (χ0n) is 15.9. The van der Waals surface area contributed by atoms with E-state index in [4.69, 9.17) is 0 Å². The molecule has 0 unspecified atom stereocenters. The molecule has 3 aromatic rings. The summed E-state index contributed by atoms with van der Waals surface area (Å²) in [5, 5.41) is 10.5. The highest BCUT2D eigenvalue weighted by atomic mass is 16.4. The van der Waals surface area contributed by atoms with Crippen LogP contribution in [-0.4, -0.2) is 15.6 Å². The fourth-order valence-corrected chi connectivity index (χ4v) is 3.28. The molecule has 0 aliphatic heterocycles. The van der Waals surface area contributed by atoms with Gasteiger partial charge in [0, 0.05) is 11.1 Å². The molecule has 3 rings (SSSR count). The quantitative estimate of drug-likeness (QED) is 0.561. The standard InChI is InChI=1S/C24H23NO2/c1-5-8-18(9-6-2)23-15-20-12-16(3)17(4)13-22(20)25(23)21-11-7-10-19(14-21)24(26)27/h5-15H,1H2,2-4H3,(H,26,27)/b9-6-,18-8+. The second-order valence-corrected chi connectivity index (χ2v) is 6.57. The number of fused-ring (bicyclic) bond motifs is 1. The van der Waals surface area contributed by atoms with Crippen LogP contribution in [0.25, 0.3) is 22.2 Å². The molecule has 0 bridgehead atoms. The number of benzene rings is 2. The van der Waals surface area contributed by atoms with E-state index in [1.807, 2.05) is 31.2 Å². The van der Waals surface area contributed by atoms with E-state index in [-0.39, 0.29) is 5.56 Å². The van der Waals surface area contributed by atoms with Crippen LogP contribution in [0.1, 0.15) is 34.1 Å². The highest BCUT2D eigenvalue weighted by Crippen LogP contribution is 2.32. The van der Waals surface area contributed by atoms with Gasteiger partial charge in [0.2, 0.25) is 0 Å². The number of carboxylic acids is 1. The second-order valence-electron chi connectivity index (χ2n) is 6.57. The maximum atomic E-state index is 11.5. The van der Waals surface area contributed by atoms with Crippen LogP contribution in [0.4, 0.5) is 0 Å². The smallest absolute Gasteiger partial charge is 0.335 e. The maximum Gasteiger partial charge on any atom is 0.335 e. The third-order valence-corrected chi connectivity index (χ3v) is 4.71. The van der Waals surface area contributed by atoms with E-state index in [2.05, 4.69) is 43.2 Å². The van der Waals surface area contributed by atoms with Crippen LogP contribution in [0.2, 0.25) is 0 Å². The summed E-state index contributed by atoms with van der Waals surface area (Å²) in [6.45, 7) is 10.00. The molecule has 0 saturated carbocycles. The number of nitrogens with zero attached hydrogens (tertiary/aromatic N) is 1. The summed E-state index contributed by atoms with van der Waals surface area (Å²) in [6, 6.07) is 13.5. The normalized spacial score (nSPS) is 12.0. The van der Waals surface area contributed by atoms with Gasteiger partial charge in [0.15, 0.2) is 0 Å². The monoisotopic (exact) mass is 357 g/mol. The third kappa shape index (κ3) is 3.49. The Kier molecular flexibility index (Phi) is 5.13. The lowest BCUT2D eigenvalue weighted by Gasteiger charge is -2.13. The van der Waals surface area contributed by atoms with Crippen LogP contribution in [0.15, 0.2) is 73.3 Å². The lowest BCUT2D eigenvalue weighted by atomic mass is 10.1. The van der Waals surface area contributed by atoms with Crippen LogP contribution in [-0.2, 0) is 0 Å². The van der Waals surface area contributed by atoms with Gasteiger partial charge < -0.3 is 9.67 Å². The van der Waals surface area contributed by atoms with E-state index in [0.717, 1.165) is 27.9 Å². The SMILES string of the molecule is C=C/C=C(\C=C/C)c1cc2cc(C)c(C)cc2n1-c1cccc(C(=O)O)c1. The summed E-state index contributed by atoms with van der Waals surface area (Å²) >= 11 is 0. The first-order chi connectivity index (χ1) is 13.0. The van der Waals surface area contributed by atoms with Crippen molar-refractivity contribution in [2.24, 2.45) is 0 Å². The van der Waals surface area contributed by atoms with Crippen molar-refractivity contribution in [2.75, 3.05) is 0 Å². The number of allylic oxidation sites excluding steroid dienone is 5. The summed E-state index contributed by atoms with van der Waals surface area (Å²) in [5.41, 5.74) is 6.58. The summed E-state index contributed by atoms with van der Waals surface area (Å²) < 4.78 is 2.11. The highest BCUT2D eigenvalue weighted by molar-refractivity contribution is 5.92. The number of rotatable bonds is 5. The van der Waals surface area contributed by atoms with Crippen molar-refractivity contribution in [1.29, 1.82) is 0 Å². The van der Waals surface area contributed by atoms with E-state index in [1.54, 1.807) is 24.3 Å². The minimum absolute atomic E-state index is 0.268. The molecular weight excluding hydrogens is 334 g/mol. The van der Waals surface area contributed by atoms with Crippen LogP contribution in [0.3, 0.4) is 0 Å². The van der Waals surface area contributed by atoms with Crippen molar-refractivity contribution in [3.63, 3.8) is 0 Å². The van der Waals surface area contributed by atoms with Gasteiger partial charge in [-0.05, 0) is 73.9 Å². The Morgan fingerprint density at radius 1 is 1.11 bits per heavy atom. The van der Waals surface area contributed by atoms with E-state index in [9.17, 15) is 9.90 Å². The molecule has 0 spiro atoms. The first-order valence-electron chi connectivity index (χ1n) is 8.88. The lowest BCUT2D eigenvalue weighted by molar-refractivity contribution is 0.0697. The molecular formula is C24H23NO2. The van der Waals surface area contributed by atoms with Gasteiger partial charge >= 0.3 is 5.97 Å². The van der Waals surface area contributed by atoms with E-state index in [0.29, 0.717) is 0 Å². The number of hydrogen-bond acceptors (Lipinski definition) is 1. The molecule has 1 heterocycles. The Balaban J connectivity index is 2.40. The first kappa shape index (κ1) is 18.5. The summed E-state index contributed by atoms with van der Waals surface area (Å²) in [6.07, 6.45) is 7.75. The van der Waals surface area contributed by atoms with Crippen LogP contribution >= 0.6 is 0 Å². The van der Waals surface area contributed by atoms with Gasteiger partial charge in [0.25, 0.3) is 0 Å². The zero-order valence-corrected chi connectivity index (χ0v) is 15.9. The molecule has 0 fully saturated rings. The molecule has 0 amide bonds. The fourth-order valence-electron chi connectivity index (χ4n) is 3.28. The van der Waals surface area contributed by atoms with Crippen molar-refractivity contribution >= 4 is 22.4 Å². The van der Waals surface area contributed by atoms with Crippen LogP contribution in [0, 0.1) is 13.8 Å². The number of carbonyl (C=O) groups is 1. The molecule has 0 saturated heterocycles. The number of carboxylic acid groups (broad SMARTS) is 1. The van der Waals surface area contributed by atoms with Gasteiger partial charge in [-0.1, -0.05) is 36.9 Å². The predicted octanol–water partition coefficient (Wildman–Crippen LogP) is 6.09. The molecule has 3 heteroatoms. The first-order valence-corrected chi connectivity index (χ1v) is 8.88. The van der Waals surface area contributed by atoms with Gasteiger partial charge in [-0.3, -0.25) is 0 Å². The van der Waals surface area contributed by atoms with Crippen molar-refractivity contribution in [3.05, 3.63) is 95.7 Å². The van der Waals surface area contributed by atoms with Crippen molar-refractivity contribution in [2.45, 2.75) is 20.8 Å². The van der Waals surface area contributed by atoms with Crippen LogP contribution < -0.4 is 0 Å². The summed E-state index contributed by atoms with van der Waals surface area (Å²) in [4.78, 5) is 11.5. The minimum atomic E-state index is -0.933. The van der Waals surface area contributed by atoms with Gasteiger partial charge in [0.1, 0.15) is 0 Å². The summed E-state index contributed by atoms with van der Waals surface area (Å²) in [5.74, 6) is -0.933. The van der Waals surface area contributed by atoms with Gasteiger partial charge in [-0.25, -0.2) is 4.79 Å². The Morgan fingerprint density at radius 3 is 2.52 bits per heavy atom. The van der Waals surface area contributed by atoms with Crippen molar-refractivity contribution < 1.29 is 9.90 Å². The highest BCUT2D eigenvalue weighted by Gasteiger charge is 2.15.